The summed E-state index contributed by atoms with van der Waals surface area (Å²) in [4.78, 5) is 14.7. The van der Waals surface area contributed by atoms with Gasteiger partial charge in [0.15, 0.2) is 0 Å². The molecule has 0 aromatic heterocycles. The van der Waals surface area contributed by atoms with Crippen LogP contribution in [-0.2, 0) is 21.2 Å². The molecule has 2 unspecified atom stereocenters. The predicted octanol–water partition coefficient (Wildman–Crippen LogP) is 1.60. The van der Waals surface area contributed by atoms with E-state index in [-0.39, 0.29) is 17.9 Å². The van der Waals surface area contributed by atoms with Gasteiger partial charge in [-0.15, -0.1) is 0 Å². The fraction of sp³-hybridized carbons (Fsp3) is 0.632. The third kappa shape index (κ3) is 4.10. The summed E-state index contributed by atoms with van der Waals surface area (Å²) < 4.78 is 27.2. The number of nitrogens with two attached hydrogens (primary N) is 1. The standard InChI is InChI=1S/C19H29N3O3S/c1-2-3-15-4-8-18(9-5-15)26(24,25)22-12-10-21(11-13-22)19(23)16-6-7-17(20)14-16/h4-5,8-9,16-17H,2-3,6-7,10-14,20H2,1H3. The van der Waals surface area contributed by atoms with Crippen LogP contribution in [-0.4, -0.2) is 55.8 Å². The van der Waals surface area contributed by atoms with Crippen molar-refractivity contribution in [1.29, 1.82) is 0 Å². The number of carbonyl (C=O) groups excluding carboxylic acids is 1. The van der Waals surface area contributed by atoms with Crippen LogP contribution in [0.1, 0.15) is 38.2 Å². The molecular weight excluding hydrogens is 350 g/mol. The zero-order valence-corrected chi connectivity index (χ0v) is 16.2. The smallest absolute Gasteiger partial charge is 0.243 e. The fourth-order valence-electron chi connectivity index (χ4n) is 3.91. The zero-order valence-electron chi connectivity index (χ0n) is 15.4. The molecule has 0 bridgehead atoms. The van der Waals surface area contributed by atoms with Gasteiger partial charge in [0, 0.05) is 38.1 Å². The molecule has 2 fully saturated rings. The summed E-state index contributed by atoms with van der Waals surface area (Å²) in [6.07, 6.45) is 4.49. The van der Waals surface area contributed by atoms with Gasteiger partial charge in [0.05, 0.1) is 4.90 Å². The summed E-state index contributed by atoms with van der Waals surface area (Å²) >= 11 is 0. The maximum atomic E-state index is 12.8. The average molecular weight is 380 g/mol. The number of hydrogen-bond acceptors (Lipinski definition) is 4. The van der Waals surface area contributed by atoms with Crippen LogP contribution >= 0.6 is 0 Å². The normalized spacial score (nSPS) is 24.8. The molecule has 144 valence electrons. The molecule has 1 heterocycles. The highest BCUT2D eigenvalue weighted by atomic mass is 32.2. The van der Waals surface area contributed by atoms with E-state index in [1.165, 1.54) is 4.31 Å². The van der Waals surface area contributed by atoms with Crippen LogP contribution in [0.25, 0.3) is 0 Å². The lowest BCUT2D eigenvalue weighted by molar-refractivity contribution is -0.136. The number of benzene rings is 1. The first-order chi connectivity index (χ1) is 12.4. The molecule has 1 amide bonds. The van der Waals surface area contributed by atoms with Crippen LogP contribution < -0.4 is 5.73 Å². The first kappa shape index (κ1) is 19.3. The summed E-state index contributed by atoms with van der Waals surface area (Å²) in [7, 11) is -3.50. The molecule has 2 aliphatic rings. The second kappa shape index (κ2) is 8.06. The molecule has 7 heteroatoms. The molecule has 2 atom stereocenters. The molecule has 1 aromatic rings. The minimum atomic E-state index is -3.50. The van der Waals surface area contributed by atoms with Gasteiger partial charge in [-0.3, -0.25) is 4.79 Å². The number of sulfonamides is 1. The number of amides is 1. The molecular formula is C19H29N3O3S. The first-order valence-electron chi connectivity index (χ1n) is 9.55. The topological polar surface area (TPSA) is 83.7 Å². The van der Waals surface area contributed by atoms with Crippen LogP contribution in [0.4, 0.5) is 0 Å². The Bertz CT molecular complexity index is 725. The van der Waals surface area contributed by atoms with Crippen molar-refractivity contribution in [2.24, 2.45) is 11.7 Å². The molecule has 1 aromatic carbocycles. The van der Waals surface area contributed by atoms with Gasteiger partial charge >= 0.3 is 0 Å². The highest BCUT2D eigenvalue weighted by Gasteiger charge is 2.35. The molecule has 0 radical (unpaired) electrons. The Morgan fingerprint density at radius 1 is 1.12 bits per heavy atom. The van der Waals surface area contributed by atoms with Gasteiger partial charge in [-0.25, -0.2) is 8.42 Å². The number of nitrogens with zero attached hydrogens (tertiary/aromatic N) is 2. The molecule has 1 aliphatic heterocycles. The largest absolute Gasteiger partial charge is 0.340 e. The SMILES string of the molecule is CCCc1ccc(S(=O)(=O)N2CCN(C(=O)C3CCC(N)C3)CC2)cc1. The van der Waals surface area contributed by atoms with E-state index in [0.717, 1.165) is 37.7 Å². The maximum Gasteiger partial charge on any atom is 0.243 e. The summed E-state index contributed by atoms with van der Waals surface area (Å²) in [6, 6.07) is 7.29. The number of carbonyl (C=O) groups is 1. The highest BCUT2D eigenvalue weighted by molar-refractivity contribution is 7.89. The van der Waals surface area contributed by atoms with Gasteiger partial charge in [0.25, 0.3) is 0 Å². The molecule has 1 aliphatic carbocycles. The maximum absolute atomic E-state index is 12.8. The molecule has 2 N–H and O–H groups in total. The Hall–Kier alpha value is -1.44. The van der Waals surface area contributed by atoms with Crippen molar-refractivity contribution in [2.45, 2.75) is 50.0 Å². The molecule has 3 rings (SSSR count). The minimum Gasteiger partial charge on any atom is -0.340 e. The monoisotopic (exact) mass is 379 g/mol. The lowest BCUT2D eigenvalue weighted by Crippen LogP contribution is -2.51. The second-order valence-corrected chi connectivity index (χ2v) is 9.33. The van der Waals surface area contributed by atoms with Crippen molar-refractivity contribution in [2.75, 3.05) is 26.2 Å². The lowest BCUT2D eigenvalue weighted by atomic mass is 10.1. The van der Waals surface area contributed by atoms with E-state index in [9.17, 15) is 13.2 Å². The van der Waals surface area contributed by atoms with E-state index in [4.69, 9.17) is 5.73 Å². The van der Waals surface area contributed by atoms with Crippen molar-refractivity contribution in [1.82, 2.24) is 9.21 Å². The number of piperazine rings is 1. The van der Waals surface area contributed by atoms with E-state index >= 15 is 0 Å². The van der Waals surface area contributed by atoms with Crippen molar-refractivity contribution in [3.05, 3.63) is 29.8 Å². The van der Waals surface area contributed by atoms with Crippen LogP contribution in [0, 0.1) is 5.92 Å². The second-order valence-electron chi connectivity index (χ2n) is 7.39. The van der Waals surface area contributed by atoms with E-state index in [2.05, 4.69) is 6.92 Å². The van der Waals surface area contributed by atoms with E-state index in [1.54, 1.807) is 17.0 Å². The minimum absolute atomic E-state index is 0.0132. The first-order valence-corrected chi connectivity index (χ1v) is 11.0. The summed E-state index contributed by atoms with van der Waals surface area (Å²) in [5.41, 5.74) is 7.06. The summed E-state index contributed by atoms with van der Waals surface area (Å²) in [5.74, 6) is 0.151. The highest BCUT2D eigenvalue weighted by Crippen LogP contribution is 2.27. The van der Waals surface area contributed by atoms with E-state index < -0.39 is 10.0 Å². The Morgan fingerprint density at radius 2 is 1.77 bits per heavy atom. The third-order valence-corrected chi connectivity index (χ3v) is 7.39. The Morgan fingerprint density at radius 3 is 2.31 bits per heavy atom. The summed E-state index contributed by atoms with van der Waals surface area (Å²) in [5, 5.41) is 0. The molecule has 1 saturated carbocycles. The Balaban J connectivity index is 1.60. The van der Waals surface area contributed by atoms with Gasteiger partial charge in [-0.1, -0.05) is 25.5 Å². The van der Waals surface area contributed by atoms with Crippen molar-refractivity contribution in [3.8, 4) is 0 Å². The van der Waals surface area contributed by atoms with Gasteiger partial charge in [0.1, 0.15) is 0 Å². The van der Waals surface area contributed by atoms with Gasteiger partial charge < -0.3 is 10.6 Å². The number of aryl methyl sites for hydroxylation is 1. The van der Waals surface area contributed by atoms with Gasteiger partial charge in [-0.05, 0) is 43.4 Å². The number of rotatable bonds is 5. The average Bonchev–Trinajstić information content (AvgIpc) is 3.08. The predicted molar refractivity (Wildman–Crippen MR) is 101 cm³/mol. The van der Waals surface area contributed by atoms with Crippen molar-refractivity contribution < 1.29 is 13.2 Å². The van der Waals surface area contributed by atoms with Crippen LogP contribution in [0.15, 0.2) is 29.2 Å². The molecule has 26 heavy (non-hydrogen) atoms. The van der Waals surface area contributed by atoms with Crippen molar-refractivity contribution in [3.63, 3.8) is 0 Å². The van der Waals surface area contributed by atoms with Crippen LogP contribution in [0.2, 0.25) is 0 Å². The van der Waals surface area contributed by atoms with E-state index in [0.29, 0.717) is 31.1 Å². The quantitative estimate of drug-likeness (QED) is 0.842. The van der Waals surface area contributed by atoms with Crippen LogP contribution in [0.5, 0.6) is 0 Å². The Kier molecular flexibility index (Phi) is 5.99. The van der Waals surface area contributed by atoms with Gasteiger partial charge in [-0.2, -0.15) is 4.31 Å². The fourth-order valence-corrected chi connectivity index (χ4v) is 5.34. The molecule has 6 nitrogen and oxygen atoms in total. The third-order valence-electron chi connectivity index (χ3n) is 5.47. The molecule has 0 spiro atoms. The summed E-state index contributed by atoms with van der Waals surface area (Å²) in [6.45, 7) is 3.72. The lowest BCUT2D eigenvalue weighted by Gasteiger charge is -2.35. The number of hydrogen-bond donors (Lipinski definition) is 1. The van der Waals surface area contributed by atoms with E-state index in [1.807, 2.05) is 12.1 Å². The Labute approximate surface area is 156 Å². The zero-order chi connectivity index (χ0) is 18.7. The molecule has 1 saturated heterocycles. The van der Waals surface area contributed by atoms with Gasteiger partial charge in [0.2, 0.25) is 15.9 Å². The van der Waals surface area contributed by atoms with Crippen molar-refractivity contribution >= 4 is 15.9 Å². The van der Waals surface area contributed by atoms with Crippen LogP contribution in [0.3, 0.4) is 0 Å².